The molecule has 0 atom stereocenters. The van der Waals surface area contributed by atoms with Crippen LogP contribution < -0.4 is 0 Å². The van der Waals surface area contributed by atoms with Gasteiger partial charge in [-0.1, -0.05) is 11.6 Å². The fourth-order valence-corrected chi connectivity index (χ4v) is 1.72. The van der Waals surface area contributed by atoms with E-state index in [-0.39, 0.29) is 35.1 Å². The molecule has 0 radical (unpaired) electrons. The number of halogens is 1. The van der Waals surface area contributed by atoms with Gasteiger partial charge in [-0.2, -0.15) is 0 Å². The minimum Gasteiger partial charge on any atom is -0.469 e. The standard InChI is InChI=1S/C12H13ClN2O5/c1-14(6-5-11(16)20-2)12(17)8-3-4-10(15(18)19)9(13)7-8/h3-4,7H,5-6H2,1-2H3. The monoisotopic (exact) mass is 300 g/mol. The summed E-state index contributed by atoms with van der Waals surface area (Å²) < 4.78 is 4.47. The molecule has 1 rings (SSSR count). The highest BCUT2D eigenvalue weighted by Crippen LogP contribution is 2.25. The van der Waals surface area contributed by atoms with Crippen LogP contribution in [0.2, 0.25) is 5.02 Å². The quantitative estimate of drug-likeness (QED) is 0.470. The van der Waals surface area contributed by atoms with Crippen LogP contribution in [0.5, 0.6) is 0 Å². The molecule has 1 aromatic carbocycles. The third-order valence-electron chi connectivity index (χ3n) is 2.62. The molecule has 7 nitrogen and oxygen atoms in total. The van der Waals surface area contributed by atoms with Gasteiger partial charge in [0.1, 0.15) is 5.02 Å². The van der Waals surface area contributed by atoms with E-state index in [1.54, 1.807) is 0 Å². The van der Waals surface area contributed by atoms with Gasteiger partial charge < -0.3 is 9.64 Å². The van der Waals surface area contributed by atoms with Gasteiger partial charge in [-0.15, -0.1) is 0 Å². The molecule has 0 aliphatic carbocycles. The normalized spacial score (nSPS) is 9.95. The SMILES string of the molecule is COC(=O)CCN(C)C(=O)c1ccc([N+](=O)[O-])c(Cl)c1. The number of hydrogen-bond donors (Lipinski definition) is 0. The van der Waals surface area contributed by atoms with E-state index >= 15 is 0 Å². The fraction of sp³-hybridized carbons (Fsp3) is 0.333. The Labute approximate surface area is 120 Å². The van der Waals surface area contributed by atoms with E-state index in [1.165, 1.54) is 37.3 Å². The second kappa shape index (κ2) is 6.85. The minimum atomic E-state index is -0.627. The Morgan fingerprint density at radius 1 is 1.45 bits per heavy atom. The highest BCUT2D eigenvalue weighted by Gasteiger charge is 2.18. The molecule has 0 aromatic heterocycles. The van der Waals surface area contributed by atoms with Crippen molar-refractivity contribution in [2.45, 2.75) is 6.42 Å². The second-order valence-corrected chi connectivity index (χ2v) is 4.38. The van der Waals surface area contributed by atoms with Crippen molar-refractivity contribution in [3.05, 3.63) is 38.9 Å². The molecule has 108 valence electrons. The molecule has 0 fully saturated rings. The lowest BCUT2D eigenvalue weighted by molar-refractivity contribution is -0.384. The summed E-state index contributed by atoms with van der Waals surface area (Å²) in [6, 6.07) is 3.72. The first-order chi connectivity index (χ1) is 9.36. The number of benzene rings is 1. The molecule has 0 saturated heterocycles. The number of ether oxygens (including phenoxy) is 1. The summed E-state index contributed by atoms with van der Waals surface area (Å²) in [6.07, 6.45) is 0.0689. The largest absolute Gasteiger partial charge is 0.469 e. The van der Waals surface area contributed by atoms with Crippen molar-refractivity contribution in [3.63, 3.8) is 0 Å². The lowest BCUT2D eigenvalue weighted by Gasteiger charge is -2.16. The molecule has 0 heterocycles. The third-order valence-corrected chi connectivity index (χ3v) is 2.92. The summed E-state index contributed by atoms with van der Waals surface area (Å²) in [5, 5.41) is 10.5. The highest BCUT2D eigenvalue weighted by molar-refractivity contribution is 6.33. The summed E-state index contributed by atoms with van der Waals surface area (Å²) in [5.74, 6) is -0.808. The molecular weight excluding hydrogens is 288 g/mol. The van der Waals surface area contributed by atoms with E-state index in [2.05, 4.69) is 4.74 Å². The minimum absolute atomic E-state index is 0.0689. The molecule has 0 aliphatic rings. The van der Waals surface area contributed by atoms with Gasteiger partial charge in [-0.05, 0) is 12.1 Å². The zero-order valence-corrected chi connectivity index (χ0v) is 11.7. The molecule has 1 aromatic rings. The van der Waals surface area contributed by atoms with E-state index < -0.39 is 10.9 Å². The number of nitro benzene ring substituents is 1. The number of carbonyl (C=O) groups is 2. The molecule has 0 N–H and O–H groups in total. The lowest BCUT2D eigenvalue weighted by atomic mass is 10.2. The van der Waals surface area contributed by atoms with Crippen LogP contribution in [0.25, 0.3) is 0 Å². The van der Waals surface area contributed by atoms with Gasteiger partial charge in [-0.25, -0.2) is 0 Å². The summed E-state index contributed by atoms with van der Waals surface area (Å²) in [6.45, 7) is 0.181. The smallest absolute Gasteiger partial charge is 0.307 e. The number of nitro groups is 1. The number of rotatable bonds is 5. The molecule has 8 heteroatoms. The van der Waals surface area contributed by atoms with Crippen molar-refractivity contribution < 1.29 is 19.2 Å². The van der Waals surface area contributed by atoms with Gasteiger partial charge in [0.25, 0.3) is 11.6 Å². The summed E-state index contributed by atoms with van der Waals surface area (Å²) >= 11 is 5.74. The van der Waals surface area contributed by atoms with Crippen LogP contribution in [-0.4, -0.2) is 42.4 Å². The number of esters is 1. The molecule has 20 heavy (non-hydrogen) atoms. The van der Waals surface area contributed by atoms with Crippen LogP contribution in [0.3, 0.4) is 0 Å². The molecule has 0 aliphatic heterocycles. The van der Waals surface area contributed by atoms with Gasteiger partial charge in [-0.3, -0.25) is 19.7 Å². The van der Waals surface area contributed by atoms with Gasteiger partial charge in [0.15, 0.2) is 0 Å². The number of amides is 1. The van der Waals surface area contributed by atoms with Crippen molar-refractivity contribution in [2.75, 3.05) is 20.7 Å². The zero-order chi connectivity index (χ0) is 15.3. The maximum atomic E-state index is 12.0. The molecule has 0 bridgehead atoms. The fourth-order valence-electron chi connectivity index (χ4n) is 1.47. The maximum absolute atomic E-state index is 12.0. The van der Waals surface area contributed by atoms with Crippen LogP contribution in [0, 0.1) is 10.1 Å². The first-order valence-electron chi connectivity index (χ1n) is 5.63. The number of hydrogen-bond acceptors (Lipinski definition) is 5. The number of methoxy groups -OCH3 is 1. The van der Waals surface area contributed by atoms with Crippen molar-refractivity contribution in [3.8, 4) is 0 Å². The first kappa shape index (κ1) is 15.9. The van der Waals surface area contributed by atoms with Crippen LogP contribution in [0.1, 0.15) is 16.8 Å². The van der Waals surface area contributed by atoms with Crippen molar-refractivity contribution in [1.29, 1.82) is 0 Å². The average molecular weight is 301 g/mol. The van der Waals surface area contributed by atoms with E-state index in [9.17, 15) is 19.7 Å². The number of nitrogens with zero attached hydrogens (tertiary/aromatic N) is 2. The van der Waals surface area contributed by atoms with Crippen molar-refractivity contribution in [2.24, 2.45) is 0 Å². The zero-order valence-electron chi connectivity index (χ0n) is 11.0. The van der Waals surface area contributed by atoms with E-state index in [0.29, 0.717) is 0 Å². The van der Waals surface area contributed by atoms with Crippen LogP contribution in [-0.2, 0) is 9.53 Å². The lowest BCUT2D eigenvalue weighted by Crippen LogP contribution is -2.29. The van der Waals surface area contributed by atoms with E-state index in [4.69, 9.17) is 11.6 Å². The number of carbonyl (C=O) groups excluding carboxylic acids is 2. The molecule has 1 amide bonds. The molecule has 0 spiro atoms. The molecule has 0 saturated carbocycles. The van der Waals surface area contributed by atoms with Gasteiger partial charge in [0.05, 0.1) is 18.5 Å². The summed E-state index contributed by atoms with van der Waals surface area (Å²) in [5.41, 5.74) is -0.0478. The second-order valence-electron chi connectivity index (χ2n) is 3.98. The summed E-state index contributed by atoms with van der Waals surface area (Å²) in [4.78, 5) is 34.3. The first-order valence-corrected chi connectivity index (χ1v) is 6.00. The predicted octanol–water partition coefficient (Wildman–Crippen LogP) is 1.88. The van der Waals surface area contributed by atoms with E-state index in [1.807, 2.05) is 0 Å². The maximum Gasteiger partial charge on any atom is 0.307 e. The average Bonchev–Trinajstić information content (AvgIpc) is 2.42. The Kier molecular flexibility index (Phi) is 5.45. The van der Waals surface area contributed by atoms with Gasteiger partial charge in [0, 0.05) is 25.2 Å². The highest BCUT2D eigenvalue weighted by atomic mass is 35.5. The van der Waals surface area contributed by atoms with Crippen molar-refractivity contribution in [1.82, 2.24) is 4.90 Å². The Balaban J connectivity index is 2.79. The van der Waals surface area contributed by atoms with Gasteiger partial charge in [0.2, 0.25) is 0 Å². The van der Waals surface area contributed by atoms with Crippen LogP contribution in [0.4, 0.5) is 5.69 Å². The Morgan fingerprint density at radius 3 is 2.60 bits per heavy atom. The molecular formula is C12H13ClN2O5. The molecule has 0 unspecified atom stereocenters. The van der Waals surface area contributed by atoms with Gasteiger partial charge >= 0.3 is 5.97 Å². The topological polar surface area (TPSA) is 89.8 Å². The Hall–Kier alpha value is -2.15. The van der Waals surface area contributed by atoms with Crippen LogP contribution in [0.15, 0.2) is 18.2 Å². The van der Waals surface area contributed by atoms with Crippen LogP contribution >= 0.6 is 11.6 Å². The Morgan fingerprint density at radius 2 is 2.10 bits per heavy atom. The predicted molar refractivity (Wildman–Crippen MR) is 71.7 cm³/mol. The summed E-state index contributed by atoms with van der Waals surface area (Å²) in [7, 11) is 2.78. The Bertz CT molecular complexity index is 547. The van der Waals surface area contributed by atoms with Crippen molar-refractivity contribution >= 4 is 29.2 Å². The third kappa shape index (κ3) is 3.92. The van der Waals surface area contributed by atoms with E-state index in [0.717, 1.165) is 0 Å².